The van der Waals surface area contributed by atoms with Crippen molar-refractivity contribution in [3.05, 3.63) is 58.4 Å². The van der Waals surface area contributed by atoms with Crippen molar-refractivity contribution in [2.45, 2.75) is 26.4 Å². The van der Waals surface area contributed by atoms with Crippen LogP contribution in [0.4, 0.5) is 8.78 Å². The first-order valence-corrected chi connectivity index (χ1v) is 5.99. The molecule has 0 saturated carbocycles. The van der Waals surface area contributed by atoms with E-state index in [-0.39, 0.29) is 0 Å². The number of benzene rings is 1. The molecule has 1 N–H and O–H groups in total. The number of rotatable bonds is 3. The van der Waals surface area contributed by atoms with Gasteiger partial charge in [0.2, 0.25) is 0 Å². The molecule has 2 aromatic rings. The van der Waals surface area contributed by atoms with Crippen LogP contribution in [0.1, 0.15) is 35.5 Å². The van der Waals surface area contributed by atoms with E-state index in [4.69, 9.17) is 0 Å². The number of hydrogen-bond donors (Lipinski definition) is 1. The standard InChI is InChI=1S/C14H14F2N2O/c1-3-13-10(6-8(2)17-18-13)14(19)9-4-5-11(15)12(16)7-9/h4-7,14,19H,3H2,1-2H3. The van der Waals surface area contributed by atoms with Gasteiger partial charge in [-0.15, -0.1) is 0 Å². The Morgan fingerprint density at radius 2 is 1.89 bits per heavy atom. The Hall–Kier alpha value is -1.88. The predicted octanol–water partition coefficient (Wildman–Crippen LogP) is 2.71. The number of aliphatic hydroxyl groups is 1. The summed E-state index contributed by atoms with van der Waals surface area (Å²) in [5, 5.41) is 18.2. The minimum atomic E-state index is -1.04. The van der Waals surface area contributed by atoms with Crippen molar-refractivity contribution in [1.82, 2.24) is 10.2 Å². The second kappa shape index (κ2) is 5.40. The van der Waals surface area contributed by atoms with E-state index in [1.54, 1.807) is 13.0 Å². The van der Waals surface area contributed by atoms with Gasteiger partial charge < -0.3 is 5.11 Å². The topological polar surface area (TPSA) is 46.0 Å². The van der Waals surface area contributed by atoms with Gasteiger partial charge in [0.05, 0.1) is 11.4 Å². The molecule has 1 heterocycles. The van der Waals surface area contributed by atoms with E-state index in [2.05, 4.69) is 10.2 Å². The van der Waals surface area contributed by atoms with Crippen molar-refractivity contribution < 1.29 is 13.9 Å². The molecular weight excluding hydrogens is 250 g/mol. The molecule has 0 amide bonds. The van der Waals surface area contributed by atoms with Crippen LogP contribution in [0.5, 0.6) is 0 Å². The third kappa shape index (κ3) is 2.76. The Labute approximate surface area is 109 Å². The van der Waals surface area contributed by atoms with E-state index in [1.807, 2.05) is 6.92 Å². The zero-order chi connectivity index (χ0) is 14.0. The Morgan fingerprint density at radius 1 is 1.16 bits per heavy atom. The fourth-order valence-electron chi connectivity index (χ4n) is 1.91. The molecule has 0 aliphatic carbocycles. The molecule has 3 nitrogen and oxygen atoms in total. The molecule has 0 fully saturated rings. The maximum Gasteiger partial charge on any atom is 0.159 e. The second-order valence-electron chi connectivity index (χ2n) is 4.32. The maximum atomic E-state index is 13.2. The predicted molar refractivity (Wildman–Crippen MR) is 66.6 cm³/mol. The first kappa shape index (κ1) is 13.5. The van der Waals surface area contributed by atoms with Crippen molar-refractivity contribution in [3.8, 4) is 0 Å². The highest BCUT2D eigenvalue weighted by Gasteiger charge is 2.17. The minimum absolute atomic E-state index is 0.293. The molecule has 100 valence electrons. The summed E-state index contributed by atoms with van der Waals surface area (Å²) in [6.45, 7) is 3.65. The first-order chi connectivity index (χ1) is 9.02. The van der Waals surface area contributed by atoms with E-state index < -0.39 is 17.7 Å². The summed E-state index contributed by atoms with van der Waals surface area (Å²) >= 11 is 0. The molecule has 0 radical (unpaired) electrons. The van der Waals surface area contributed by atoms with Crippen molar-refractivity contribution in [2.75, 3.05) is 0 Å². The molecule has 0 spiro atoms. The van der Waals surface area contributed by atoms with Gasteiger partial charge in [0, 0.05) is 5.56 Å². The van der Waals surface area contributed by atoms with E-state index >= 15 is 0 Å². The number of aliphatic hydroxyl groups excluding tert-OH is 1. The summed E-state index contributed by atoms with van der Waals surface area (Å²) in [5.41, 5.74) is 2.17. The smallest absolute Gasteiger partial charge is 0.159 e. The Kier molecular flexibility index (Phi) is 3.85. The molecule has 0 aliphatic rings. The van der Waals surface area contributed by atoms with Gasteiger partial charge in [0.1, 0.15) is 6.10 Å². The highest BCUT2D eigenvalue weighted by atomic mass is 19.2. The van der Waals surface area contributed by atoms with E-state index in [9.17, 15) is 13.9 Å². The fraction of sp³-hybridized carbons (Fsp3) is 0.286. The van der Waals surface area contributed by atoms with Gasteiger partial charge in [0.25, 0.3) is 0 Å². The molecule has 2 rings (SSSR count). The first-order valence-electron chi connectivity index (χ1n) is 5.99. The third-order valence-electron chi connectivity index (χ3n) is 2.91. The van der Waals surface area contributed by atoms with Crippen LogP contribution in [-0.4, -0.2) is 15.3 Å². The molecule has 0 bridgehead atoms. The summed E-state index contributed by atoms with van der Waals surface area (Å²) in [4.78, 5) is 0. The third-order valence-corrected chi connectivity index (χ3v) is 2.91. The normalized spacial score (nSPS) is 12.5. The highest BCUT2D eigenvalue weighted by Crippen LogP contribution is 2.25. The summed E-state index contributed by atoms with van der Waals surface area (Å²) in [6.07, 6.45) is -0.442. The SMILES string of the molecule is CCc1nnc(C)cc1C(O)c1ccc(F)c(F)c1. The minimum Gasteiger partial charge on any atom is -0.384 e. The highest BCUT2D eigenvalue weighted by molar-refractivity contribution is 5.33. The van der Waals surface area contributed by atoms with Gasteiger partial charge in [-0.2, -0.15) is 10.2 Å². The van der Waals surface area contributed by atoms with Crippen LogP contribution in [0, 0.1) is 18.6 Å². The largest absolute Gasteiger partial charge is 0.384 e. The molecule has 1 atom stereocenters. The van der Waals surface area contributed by atoms with Crippen LogP contribution >= 0.6 is 0 Å². The molecular formula is C14H14F2N2O. The van der Waals surface area contributed by atoms with Crippen molar-refractivity contribution in [1.29, 1.82) is 0 Å². The van der Waals surface area contributed by atoms with E-state index in [0.29, 0.717) is 28.9 Å². The van der Waals surface area contributed by atoms with Gasteiger partial charge in [-0.1, -0.05) is 13.0 Å². The fourth-order valence-corrected chi connectivity index (χ4v) is 1.91. The molecule has 1 aromatic heterocycles. The summed E-state index contributed by atoms with van der Waals surface area (Å²) in [5.74, 6) is -1.91. The van der Waals surface area contributed by atoms with E-state index in [0.717, 1.165) is 12.1 Å². The Morgan fingerprint density at radius 3 is 2.53 bits per heavy atom. The number of halogens is 2. The summed E-state index contributed by atoms with van der Waals surface area (Å²) < 4.78 is 26.1. The monoisotopic (exact) mass is 264 g/mol. The summed E-state index contributed by atoms with van der Waals surface area (Å²) in [7, 11) is 0. The van der Waals surface area contributed by atoms with Crippen LogP contribution < -0.4 is 0 Å². The zero-order valence-electron chi connectivity index (χ0n) is 10.7. The van der Waals surface area contributed by atoms with Crippen LogP contribution in [-0.2, 0) is 6.42 Å². The molecule has 1 aromatic carbocycles. The molecule has 1 unspecified atom stereocenters. The van der Waals surface area contributed by atoms with Crippen molar-refractivity contribution in [3.63, 3.8) is 0 Å². The van der Waals surface area contributed by atoms with Gasteiger partial charge in [-0.05, 0) is 37.1 Å². The van der Waals surface area contributed by atoms with Crippen molar-refractivity contribution in [2.24, 2.45) is 0 Å². The quantitative estimate of drug-likeness (QED) is 0.927. The molecule has 0 saturated heterocycles. The van der Waals surface area contributed by atoms with Gasteiger partial charge in [0.15, 0.2) is 11.6 Å². The van der Waals surface area contributed by atoms with Crippen molar-refractivity contribution >= 4 is 0 Å². The van der Waals surface area contributed by atoms with Crippen LogP contribution in [0.15, 0.2) is 24.3 Å². The number of aromatic nitrogens is 2. The maximum absolute atomic E-state index is 13.2. The molecule has 5 heteroatoms. The Bertz CT molecular complexity index is 602. The van der Waals surface area contributed by atoms with Crippen LogP contribution in [0.2, 0.25) is 0 Å². The van der Waals surface area contributed by atoms with Gasteiger partial charge >= 0.3 is 0 Å². The number of aryl methyl sites for hydroxylation is 2. The number of hydrogen-bond acceptors (Lipinski definition) is 3. The molecule has 19 heavy (non-hydrogen) atoms. The summed E-state index contributed by atoms with van der Waals surface area (Å²) in [6, 6.07) is 5.06. The lowest BCUT2D eigenvalue weighted by Crippen LogP contribution is -2.08. The zero-order valence-corrected chi connectivity index (χ0v) is 10.7. The second-order valence-corrected chi connectivity index (χ2v) is 4.32. The Balaban J connectivity index is 2.45. The average molecular weight is 264 g/mol. The van der Waals surface area contributed by atoms with Crippen LogP contribution in [0.25, 0.3) is 0 Å². The lowest BCUT2D eigenvalue weighted by atomic mass is 9.99. The number of nitrogens with zero attached hydrogens (tertiary/aromatic N) is 2. The molecule has 0 aliphatic heterocycles. The lowest BCUT2D eigenvalue weighted by molar-refractivity contribution is 0.217. The van der Waals surface area contributed by atoms with Gasteiger partial charge in [-0.25, -0.2) is 8.78 Å². The lowest BCUT2D eigenvalue weighted by Gasteiger charge is -2.15. The van der Waals surface area contributed by atoms with Crippen LogP contribution in [0.3, 0.4) is 0 Å². The van der Waals surface area contributed by atoms with E-state index in [1.165, 1.54) is 6.07 Å². The van der Waals surface area contributed by atoms with Gasteiger partial charge in [-0.3, -0.25) is 0 Å². The average Bonchev–Trinajstić information content (AvgIpc) is 2.41.